The molecule has 1 saturated carbocycles. The van der Waals surface area contributed by atoms with Gasteiger partial charge in [-0.15, -0.1) is 0 Å². The van der Waals surface area contributed by atoms with Crippen LogP contribution in [-0.2, 0) is 4.43 Å². The SMILES string of the molecule is CC(C)(C)[Si](C)(C)O[C@@H]1CCC[C@H](Oc2cc(F)ccc2[N+](=O)[O-])C1. The van der Waals surface area contributed by atoms with Crippen LogP contribution < -0.4 is 4.74 Å². The summed E-state index contributed by atoms with van der Waals surface area (Å²) in [4.78, 5) is 10.6. The first-order chi connectivity index (χ1) is 11.5. The van der Waals surface area contributed by atoms with Gasteiger partial charge in [0.1, 0.15) is 11.9 Å². The van der Waals surface area contributed by atoms with Crippen molar-refractivity contribution in [2.45, 2.75) is 76.8 Å². The molecule has 0 radical (unpaired) electrons. The van der Waals surface area contributed by atoms with Gasteiger partial charge in [0.05, 0.1) is 4.92 Å². The Kier molecular flexibility index (Phi) is 5.88. The summed E-state index contributed by atoms with van der Waals surface area (Å²) in [5.74, 6) is -0.534. The average Bonchev–Trinajstić information content (AvgIpc) is 2.45. The van der Waals surface area contributed by atoms with Crippen LogP contribution in [0.1, 0.15) is 46.5 Å². The summed E-state index contributed by atoms with van der Waals surface area (Å²) in [6.45, 7) is 11.0. The van der Waals surface area contributed by atoms with E-state index in [1.54, 1.807) is 0 Å². The zero-order valence-electron chi connectivity index (χ0n) is 15.7. The van der Waals surface area contributed by atoms with Crippen LogP contribution in [0.3, 0.4) is 0 Å². The molecular weight excluding hydrogens is 341 g/mol. The van der Waals surface area contributed by atoms with Gasteiger partial charge in [0.15, 0.2) is 14.1 Å². The van der Waals surface area contributed by atoms with Gasteiger partial charge in [-0.1, -0.05) is 20.8 Å². The van der Waals surface area contributed by atoms with E-state index in [-0.39, 0.29) is 28.7 Å². The van der Waals surface area contributed by atoms with E-state index >= 15 is 0 Å². The molecule has 0 amide bonds. The third kappa shape index (κ3) is 5.01. The number of nitrogens with zero attached hydrogens (tertiary/aromatic N) is 1. The Morgan fingerprint density at radius 1 is 1.24 bits per heavy atom. The summed E-state index contributed by atoms with van der Waals surface area (Å²) < 4.78 is 25.7. The number of hydrogen-bond acceptors (Lipinski definition) is 4. The molecular formula is C18H28FNO4Si. The normalized spacial score (nSPS) is 21.8. The van der Waals surface area contributed by atoms with E-state index in [9.17, 15) is 14.5 Å². The predicted molar refractivity (Wildman–Crippen MR) is 98.0 cm³/mol. The molecule has 7 heteroatoms. The molecule has 0 saturated heterocycles. The van der Waals surface area contributed by atoms with Crippen LogP contribution in [0.2, 0.25) is 18.1 Å². The highest BCUT2D eigenvalue weighted by Crippen LogP contribution is 2.40. The lowest BCUT2D eigenvalue weighted by Crippen LogP contribution is -2.45. The van der Waals surface area contributed by atoms with E-state index in [2.05, 4.69) is 33.9 Å². The van der Waals surface area contributed by atoms with Crippen molar-refractivity contribution < 1.29 is 18.5 Å². The average molecular weight is 370 g/mol. The lowest BCUT2D eigenvalue weighted by molar-refractivity contribution is -0.386. The summed E-state index contributed by atoms with van der Waals surface area (Å²) in [5.41, 5.74) is -0.200. The first-order valence-electron chi connectivity index (χ1n) is 8.78. The van der Waals surface area contributed by atoms with Gasteiger partial charge in [-0.05, 0) is 43.5 Å². The number of ether oxygens (including phenoxy) is 1. The number of halogens is 1. The van der Waals surface area contributed by atoms with Crippen molar-refractivity contribution in [3.63, 3.8) is 0 Å². The third-order valence-electron chi connectivity index (χ3n) is 5.26. The van der Waals surface area contributed by atoms with Gasteiger partial charge >= 0.3 is 5.69 Å². The van der Waals surface area contributed by atoms with E-state index in [1.165, 1.54) is 0 Å². The second kappa shape index (κ2) is 7.41. The molecule has 0 spiro atoms. The van der Waals surface area contributed by atoms with Crippen molar-refractivity contribution in [2.24, 2.45) is 0 Å². The Bertz CT molecular complexity index is 630. The fourth-order valence-corrected chi connectivity index (χ4v) is 4.22. The minimum absolute atomic E-state index is 0.00276. The molecule has 0 bridgehead atoms. The number of rotatable bonds is 5. The number of nitro benzene ring substituents is 1. The highest BCUT2D eigenvalue weighted by atomic mass is 28.4. The van der Waals surface area contributed by atoms with E-state index in [0.29, 0.717) is 6.42 Å². The molecule has 25 heavy (non-hydrogen) atoms. The van der Waals surface area contributed by atoms with Crippen molar-refractivity contribution in [2.75, 3.05) is 0 Å². The van der Waals surface area contributed by atoms with Crippen LogP contribution in [0.25, 0.3) is 0 Å². The van der Waals surface area contributed by atoms with E-state index in [0.717, 1.165) is 37.5 Å². The van der Waals surface area contributed by atoms with Gasteiger partial charge < -0.3 is 9.16 Å². The zero-order chi connectivity index (χ0) is 18.8. The maximum atomic E-state index is 13.5. The van der Waals surface area contributed by atoms with Crippen LogP contribution >= 0.6 is 0 Å². The van der Waals surface area contributed by atoms with Gasteiger partial charge in [0, 0.05) is 24.7 Å². The molecule has 1 aromatic carbocycles. The molecule has 1 aliphatic rings. The first-order valence-corrected chi connectivity index (χ1v) is 11.7. The highest BCUT2D eigenvalue weighted by molar-refractivity contribution is 6.74. The number of benzene rings is 1. The van der Waals surface area contributed by atoms with Crippen molar-refractivity contribution in [1.82, 2.24) is 0 Å². The van der Waals surface area contributed by atoms with E-state index < -0.39 is 19.1 Å². The van der Waals surface area contributed by atoms with Gasteiger partial charge in [-0.2, -0.15) is 0 Å². The monoisotopic (exact) mass is 369 g/mol. The maximum Gasteiger partial charge on any atom is 0.311 e. The molecule has 1 aliphatic carbocycles. The smallest absolute Gasteiger partial charge is 0.311 e. The van der Waals surface area contributed by atoms with Crippen LogP contribution in [0.4, 0.5) is 10.1 Å². The summed E-state index contributed by atoms with van der Waals surface area (Å²) in [5, 5.41) is 11.2. The minimum Gasteiger partial charge on any atom is -0.483 e. The van der Waals surface area contributed by atoms with Crippen molar-refractivity contribution in [1.29, 1.82) is 0 Å². The second-order valence-electron chi connectivity index (χ2n) is 8.28. The summed E-state index contributed by atoms with van der Waals surface area (Å²) >= 11 is 0. The molecule has 0 N–H and O–H groups in total. The van der Waals surface area contributed by atoms with Gasteiger partial charge in [-0.25, -0.2) is 4.39 Å². The van der Waals surface area contributed by atoms with E-state index in [1.807, 2.05) is 0 Å². The van der Waals surface area contributed by atoms with Crippen LogP contribution in [0, 0.1) is 15.9 Å². The Morgan fingerprint density at radius 2 is 1.88 bits per heavy atom. The summed E-state index contributed by atoms with van der Waals surface area (Å²) in [6, 6.07) is 3.32. The molecule has 0 aliphatic heterocycles. The Hall–Kier alpha value is -1.47. The largest absolute Gasteiger partial charge is 0.483 e. The minimum atomic E-state index is -1.88. The van der Waals surface area contributed by atoms with Crippen LogP contribution in [0.15, 0.2) is 18.2 Å². The maximum absolute atomic E-state index is 13.5. The lowest BCUT2D eigenvalue weighted by atomic mass is 9.95. The quantitative estimate of drug-likeness (QED) is 0.393. The van der Waals surface area contributed by atoms with Crippen molar-refractivity contribution in [3.05, 3.63) is 34.1 Å². The van der Waals surface area contributed by atoms with Crippen molar-refractivity contribution in [3.8, 4) is 5.75 Å². The fraction of sp³-hybridized carbons (Fsp3) is 0.667. The van der Waals surface area contributed by atoms with Gasteiger partial charge in [-0.3, -0.25) is 10.1 Å². The first kappa shape index (κ1) is 19.8. The molecule has 0 heterocycles. The number of hydrogen-bond donors (Lipinski definition) is 0. The molecule has 140 valence electrons. The molecule has 2 atom stereocenters. The molecule has 0 unspecified atom stereocenters. The second-order valence-corrected chi connectivity index (χ2v) is 13.0. The Labute approximate surface area is 149 Å². The Morgan fingerprint density at radius 3 is 2.48 bits per heavy atom. The van der Waals surface area contributed by atoms with E-state index in [4.69, 9.17) is 9.16 Å². The summed E-state index contributed by atoms with van der Waals surface area (Å²) in [6.07, 6.45) is 3.28. The highest BCUT2D eigenvalue weighted by Gasteiger charge is 2.40. The molecule has 5 nitrogen and oxygen atoms in total. The van der Waals surface area contributed by atoms with Crippen molar-refractivity contribution >= 4 is 14.0 Å². The Balaban J connectivity index is 2.08. The molecule has 2 rings (SSSR count). The van der Waals surface area contributed by atoms with Crippen LogP contribution in [-0.4, -0.2) is 25.4 Å². The topological polar surface area (TPSA) is 61.6 Å². The molecule has 1 fully saturated rings. The summed E-state index contributed by atoms with van der Waals surface area (Å²) in [7, 11) is -1.88. The fourth-order valence-electron chi connectivity index (χ4n) is 2.82. The standard InChI is InChI=1S/C18H28FNO4Si/c1-18(2,3)25(4,5)24-15-8-6-7-14(12-15)23-17-11-13(19)9-10-16(17)20(21)22/h9-11,14-15H,6-8,12H2,1-5H3/t14-,15+/m0/s1. The molecule has 0 aromatic heterocycles. The molecule has 1 aromatic rings. The van der Waals surface area contributed by atoms with Gasteiger partial charge in [0.2, 0.25) is 0 Å². The predicted octanol–water partition coefficient (Wildman–Crippen LogP) is 5.45. The number of nitro groups is 1. The van der Waals surface area contributed by atoms with Gasteiger partial charge in [0.25, 0.3) is 0 Å². The van der Waals surface area contributed by atoms with Crippen LogP contribution in [0.5, 0.6) is 5.75 Å². The third-order valence-corrected chi connectivity index (χ3v) is 9.79. The zero-order valence-corrected chi connectivity index (χ0v) is 16.7. The lowest BCUT2D eigenvalue weighted by Gasteiger charge is -2.41.